The Morgan fingerprint density at radius 3 is 2.66 bits per heavy atom. The second kappa shape index (κ2) is 7.28. The highest BCUT2D eigenvalue weighted by Gasteiger charge is 2.25. The molecule has 2 heterocycles. The van der Waals surface area contributed by atoms with Gasteiger partial charge in [-0.3, -0.25) is 9.59 Å². The van der Waals surface area contributed by atoms with Crippen LogP contribution in [0.25, 0.3) is 10.9 Å². The molecule has 0 saturated heterocycles. The van der Waals surface area contributed by atoms with E-state index >= 15 is 0 Å². The number of ether oxygens (including phenoxy) is 2. The van der Waals surface area contributed by atoms with Gasteiger partial charge in [0.1, 0.15) is 5.56 Å². The maximum absolute atomic E-state index is 13.0. The summed E-state index contributed by atoms with van der Waals surface area (Å²) in [4.78, 5) is 26.0. The average molecular weight is 392 g/mol. The zero-order chi connectivity index (χ0) is 20.7. The fraction of sp³-hybridized carbons (Fsp3) is 0.304. The Kier molecular flexibility index (Phi) is 4.78. The Balaban J connectivity index is 1.67. The van der Waals surface area contributed by atoms with Crippen LogP contribution in [0.1, 0.15) is 47.4 Å². The lowest BCUT2D eigenvalue weighted by Crippen LogP contribution is -2.31. The molecule has 150 valence electrons. The molecule has 1 amide bonds. The van der Waals surface area contributed by atoms with E-state index in [1.807, 2.05) is 35.8 Å². The second-order valence-corrected chi connectivity index (χ2v) is 7.46. The van der Waals surface area contributed by atoms with Gasteiger partial charge in [-0.1, -0.05) is 18.2 Å². The fourth-order valence-corrected chi connectivity index (χ4v) is 4.06. The van der Waals surface area contributed by atoms with E-state index < -0.39 is 0 Å². The van der Waals surface area contributed by atoms with Gasteiger partial charge < -0.3 is 19.4 Å². The lowest BCUT2D eigenvalue weighted by Gasteiger charge is -2.17. The average Bonchev–Trinajstić information content (AvgIpc) is 3.05. The van der Waals surface area contributed by atoms with Gasteiger partial charge in [-0.2, -0.15) is 0 Å². The first-order valence-corrected chi connectivity index (χ1v) is 9.64. The molecule has 0 aliphatic carbocycles. The third-order valence-corrected chi connectivity index (χ3v) is 5.63. The number of para-hydroxylation sites is 1. The molecular weight excluding hydrogens is 368 g/mol. The van der Waals surface area contributed by atoms with E-state index in [2.05, 4.69) is 12.2 Å². The number of rotatable bonds is 5. The number of benzene rings is 2. The second-order valence-electron chi connectivity index (χ2n) is 7.46. The normalized spacial score (nSPS) is 15.9. The van der Waals surface area contributed by atoms with Crippen LogP contribution in [0.3, 0.4) is 0 Å². The predicted molar refractivity (Wildman–Crippen MR) is 112 cm³/mol. The molecule has 0 saturated carbocycles. The van der Waals surface area contributed by atoms with Gasteiger partial charge in [0.25, 0.3) is 5.91 Å². The molecule has 0 fully saturated rings. The van der Waals surface area contributed by atoms with Crippen LogP contribution in [0.2, 0.25) is 0 Å². The predicted octanol–water partition coefficient (Wildman–Crippen LogP) is 3.63. The molecule has 1 aromatic heterocycles. The molecule has 1 N–H and O–H groups in total. The standard InChI is InChI=1S/C23H24N2O4/c1-13-10-16-6-5-7-17-21(16)25(13)12-18(22(17)26)23(27)24-14(2)15-8-9-19(28-3)20(11-15)29-4/h5-9,11-14H,10H2,1-4H3,(H,24,27)/t13-,14+/m0/s1. The molecule has 0 unspecified atom stereocenters. The van der Waals surface area contributed by atoms with E-state index in [4.69, 9.17) is 9.47 Å². The first kappa shape index (κ1) is 19.1. The lowest BCUT2D eigenvalue weighted by atomic mass is 10.1. The fourth-order valence-electron chi connectivity index (χ4n) is 4.06. The minimum atomic E-state index is -0.382. The van der Waals surface area contributed by atoms with Crippen molar-refractivity contribution in [3.8, 4) is 11.5 Å². The van der Waals surface area contributed by atoms with Crippen molar-refractivity contribution in [3.05, 3.63) is 69.5 Å². The van der Waals surface area contributed by atoms with E-state index in [0.29, 0.717) is 16.9 Å². The van der Waals surface area contributed by atoms with Gasteiger partial charge in [-0.15, -0.1) is 0 Å². The first-order valence-electron chi connectivity index (χ1n) is 9.64. The highest BCUT2D eigenvalue weighted by Crippen LogP contribution is 2.32. The highest BCUT2D eigenvalue weighted by atomic mass is 16.5. The van der Waals surface area contributed by atoms with Gasteiger partial charge in [-0.25, -0.2) is 0 Å². The highest BCUT2D eigenvalue weighted by molar-refractivity contribution is 5.98. The SMILES string of the molecule is COc1ccc([C@@H](C)NC(=O)c2cn3c4c(cccc4c2=O)C[C@@H]3C)cc1OC. The van der Waals surface area contributed by atoms with Crippen LogP contribution in [0, 0.1) is 0 Å². The van der Waals surface area contributed by atoms with Crippen LogP contribution in [-0.2, 0) is 6.42 Å². The topological polar surface area (TPSA) is 69.6 Å². The van der Waals surface area contributed by atoms with Crippen LogP contribution in [0.5, 0.6) is 11.5 Å². The van der Waals surface area contributed by atoms with Crippen LogP contribution in [0.15, 0.2) is 47.4 Å². The summed E-state index contributed by atoms with van der Waals surface area (Å²) in [6.45, 7) is 3.97. The van der Waals surface area contributed by atoms with Crippen molar-refractivity contribution in [1.29, 1.82) is 0 Å². The molecule has 6 nitrogen and oxygen atoms in total. The van der Waals surface area contributed by atoms with E-state index in [1.54, 1.807) is 32.5 Å². The van der Waals surface area contributed by atoms with Crippen molar-refractivity contribution in [2.45, 2.75) is 32.4 Å². The summed E-state index contributed by atoms with van der Waals surface area (Å²) in [5.41, 5.74) is 2.88. The number of hydrogen-bond acceptors (Lipinski definition) is 4. The molecule has 1 aliphatic rings. The van der Waals surface area contributed by atoms with Gasteiger partial charge in [-0.05, 0) is 49.6 Å². The van der Waals surface area contributed by atoms with E-state index in [9.17, 15) is 9.59 Å². The number of methoxy groups -OCH3 is 2. The van der Waals surface area contributed by atoms with Gasteiger partial charge >= 0.3 is 0 Å². The zero-order valence-corrected chi connectivity index (χ0v) is 17.0. The molecule has 29 heavy (non-hydrogen) atoms. The third kappa shape index (κ3) is 3.14. The van der Waals surface area contributed by atoms with Gasteiger partial charge in [0.15, 0.2) is 11.5 Å². The Labute approximate surface area is 169 Å². The maximum atomic E-state index is 13.0. The summed E-state index contributed by atoms with van der Waals surface area (Å²) in [5.74, 6) is 0.828. The van der Waals surface area contributed by atoms with E-state index in [1.165, 1.54) is 0 Å². The third-order valence-electron chi connectivity index (χ3n) is 5.63. The number of carbonyl (C=O) groups is 1. The van der Waals surface area contributed by atoms with Crippen molar-refractivity contribution in [1.82, 2.24) is 9.88 Å². The number of carbonyl (C=O) groups excluding carboxylic acids is 1. The molecule has 0 bridgehead atoms. The van der Waals surface area contributed by atoms with Crippen LogP contribution in [-0.4, -0.2) is 24.7 Å². The molecule has 3 aromatic rings. The minimum Gasteiger partial charge on any atom is -0.493 e. The molecule has 6 heteroatoms. The Morgan fingerprint density at radius 2 is 1.93 bits per heavy atom. The maximum Gasteiger partial charge on any atom is 0.257 e. The molecule has 4 rings (SSSR count). The number of aromatic nitrogens is 1. The molecule has 0 radical (unpaired) electrons. The summed E-state index contributed by atoms with van der Waals surface area (Å²) in [6, 6.07) is 11.1. The number of amides is 1. The summed E-state index contributed by atoms with van der Waals surface area (Å²) in [6.07, 6.45) is 2.56. The molecule has 1 aliphatic heterocycles. The summed E-state index contributed by atoms with van der Waals surface area (Å²) >= 11 is 0. The van der Waals surface area contributed by atoms with Gasteiger partial charge in [0, 0.05) is 17.6 Å². The van der Waals surface area contributed by atoms with Crippen molar-refractivity contribution in [2.75, 3.05) is 14.2 Å². The van der Waals surface area contributed by atoms with Crippen LogP contribution < -0.4 is 20.2 Å². The number of hydrogen-bond donors (Lipinski definition) is 1. The minimum absolute atomic E-state index is 0.163. The van der Waals surface area contributed by atoms with Crippen LogP contribution >= 0.6 is 0 Å². The summed E-state index contributed by atoms with van der Waals surface area (Å²) in [5, 5.41) is 3.54. The van der Waals surface area contributed by atoms with Crippen molar-refractivity contribution in [3.63, 3.8) is 0 Å². The Morgan fingerprint density at radius 1 is 1.17 bits per heavy atom. The quantitative estimate of drug-likeness (QED) is 0.720. The molecular formula is C23H24N2O4. The zero-order valence-electron chi connectivity index (χ0n) is 17.0. The Bertz CT molecular complexity index is 1170. The molecule has 2 aromatic carbocycles. The monoisotopic (exact) mass is 392 g/mol. The number of nitrogens with one attached hydrogen (secondary N) is 1. The number of pyridine rings is 1. The molecule has 2 atom stereocenters. The smallest absolute Gasteiger partial charge is 0.257 e. The van der Waals surface area contributed by atoms with E-state index in [0.717, 1.165) is 23.1 Å². The first-order chi connectivity index (χ1) is 13.9. The summed E-state index contributed by atoms with van der Waals surface area (Å²) in [7, 11) is 3.14. The van der Waals surface area contributed by atoms with Gasteiger partial charge in [0.05, 0.1) is 25.8 Å². The van der Waals surface area contributed by atoms with Crippen molar-refractivity contribution >= 4 is 16.8 Å². The van der Waals surface area contributed by atoms with Crippen LogP contribution in [0.4, 0.5) is 0 Å². The van der Waals surface area contributed by atoms with Gasteiger partial charge in [0.2, 0.25) is 5.43 Å². The summed E-state index contributed by atoms with van der Waals surface area (Å²) < 4.78 is 12.6. The van der Waals surface area contributed by atoms with Crippen molar-refractivity contribution in [2.24, 2.45) is 0 Å². The largest absolute Gasteiger partial charge is 0.493 e. The Hall–Kier alpha value is -3.28. The van der Waals surface area contributed by atoms with E-state index in [-0.39, 0.29) is 29.0 Å². The molecule has 0 spiro atoms. The van der Waals surface area contributed by atoms with Crippen molar-refractivity contribution < 1.29 is 14.3 Å². The lowest BCUT2D eigenvalue weighted by molar-refractivity contribution is 0.0938. The number of nitrogens with zero attached hydrogens (tertiary/aromatic N) is 1.